The maximum Gasteiger partial charge on any atom is 0.251 e. The van der Waals surface area contributed by atoms with Crippen LogP contribution in [0.4, 0.5) is 0 Å². The molecule has 1 heterocycles. The molecule has 0 bridgehead atoms. The number of fused-ring (bicyclic) bond motifs is 1. The van der Waals surface area contributed by atoms with Crippen LogP contribution in [0, 0.1) is 13.8 Å². The zero-order valence-corrected chi connectivity index (χ0v) is 11.5. The normalized spacial score (nSPS) is 10.9. The van der Waals surface area contributed by atoms with E-state index < -0.39 is 0 Å². The number of nitrogens with one attached hydrogen (secondary N) is 2. The number of hydrogen-bond acceptors (Lipinski definition) is 2. The van der Waals surface area contributed by atoms with Gasteiger partial charge in [0.1, 0.15) is 0 Å². The average molecular weight is 259 g/mol. The van der Waals surface area contributed by atoms with Crippen LogP contribution in [0.1, 0.15) is 34.5 Å². The van der Waals surface area contributed by atoms with E-state index >= 15 is 0 Å². The van der Waals surface area contributed by atoms with Crippen molar-refractivity contribution < 1.29 is 4.79 Å². The van der Waals surface area contributed by atoms with Gasteiger partial charge in [-0.05, 0) is 57.0 Å². The summed E-state index contributed by atoms with van der Waals surface area (Å²) in [5.41, 5.74) is 9.56. The Labute approximate surface area is 113 Å². The molecule has 0 fully saturated rings. The first-order valence-corrected chi connectivity index (χ1v) is 6.70. The molecule has 0 atom stereocenters. The molecule has 0 saturated carbocycles. The molecule has 1 aromatic heterocycles. The van der Waals surface area contributed by atoms with Crippen LogP contribution in [0.2, 0.25) is 0 Å². The van der Waals surface area contributed by atoms with Gasteiger partial charge in [-0.1, -0.05) is 0 Å². The standard InChI is InChI=1S/C15H21N3O/c1-10-11(2)18-14-6-5-12(9-13(10)14)15(19)17-8-4-3-7-16/h5-6,9,18H,3-4,7-8,16H2,1-2H3,(H,17,19). The number of aryl methyl sites for hydroxylation is 2. The lowest BCUT2D eigenvalue weighted by atomic mass is 10.1. The van der Waals surface area contributed by atoms with Crippen molar-refractivity contribution in [1.29, 1.82) is 0 Å². The zero-order chi connectivity index (χ0) is 13.8. The molecule has 0 radical (unpaired) electrons. The highest BCUT2D eigenvalue weighted by molar-refractivity contribution is 5.99. The van der Waals surface area contributed by atoms with Gasteiger partial charge >= 0.3 is 0 Å². The summed E-state index contributed by atoms with van der Waals surface area (Å²) in [5.74, 6) is -0.0165. The van der Waals surface area contributed by atoms with E-state index in [2.05, 4.69) is 17.2 Å². The lowest BCUT2D eigenvalue weighted by molar-refractivity contribution is 0.0953. The third-order valence-corrected chi connectivity index (χ3v) is 3.49. The van der Waals surface area contributed by atoms with Crippen molar-refractivity contribution >= 4 is 16.8 Å². The van der Waals surface area contributed by atoms with Crippen molar-refractivity contribution in [2.75, 3.05) is 13.1 Å². The fourth-order valence-electron chi connectivity index (χ4n) is 2.18. The summed E-state index contributed by atoms with van der Waals surface area (Å²) >= 11 is 0. The van der Waals surface area contributed by atoms with Gasteiger partial charge in [0.2, 0.25) is 0 Å². The van der Waals surface area contributed by atoms with Gasteiger partial charge in [0, 0.05) is 28.7 Å². The van der Waals surface area contributed by atoms with Crippen molar-refractivity contribution in [2.24, 2.45) is 5.73 Å². The Morgan fingerprint density at radius 1 is 1.32 bits per heavy atom. The van der Waals surface area contributed by atoms with Crippen LogP contribution in [0.25, 0.3) is 10.9 Å². The number of amides is 1. The first kappa shape index (κ1) is 13.6. The number of unbranched alkanes of at least 4 members (excludes halogenated alkanes) is 1. The Bertz CT molecular complexity index is 586. The quantitative estimate of drug-likeness (QED) is 0.721. The van der Waals surface area contributed by atoms with Crippen molar-refractivity contribution in [3.8, 4) is 0 Å². The second-order valence-electron chi connectivity index (χ2n) is 4.89. The van der Waals surface area contributed by atoms with Gasteiger partial charge < -0.3 is 16.0 Å². The van der Waals surface area contributed by atoms with Crippen LogP contribution in [0.15, 0.2) is 18.2 Å². The molecular weight excluding hydrogens is 238 g/mol. The molecule has 0 unspecified atom stereocenters. The van der Waals surface area contributed by atoms with Crippen molar-refractivity contribution in [2.45, 2.75) is 26.7 Å². The molecule has 102 valence electrons. The predicted octanol–water partition coefficient (Wildman–Crippen LogP) is 2.25. The molecule has 0 aliphatic carbocycles. The average Bonchev–Trinajstić information content (AvgIpc) is 2.70. The highest BCUT2D eigenvalue weighted by Crippen LogP contribution is 2.22. The summed E-state index contributed by atoms with van der Waals surface area (Å²) in [5, 5.41) is 4.04. The monoisotopic (exact) mass is 259 g/mol. The number of aromatic nitrogens is 1. The Kier molecular flexibility index (Phi) is 4.22. The Morgan fingerprint density at radius 2 is 2.11 bits per heavy atom. The van der Waals surface area contributed by atoms with Gasteiger partial charge in [0.05, 0.1) is 0 Å². The van der Waals surface area contributed by atoms with E-state index in [0.717, 1.165) is 29.4 Å². The van der Waals surface area contributed by atoms with Gasteiger partial charge in [0.25, 0.3) is 5.91 Å². The molecule has 0 spiro atoms. The first-order chi connectivity index (χ1) is 9.13. The molecule has 0 aliphatic rings. The fraction of sp³-hybridized carbons (Fsp3) is 0.400. The van der Waals surface area contributed by atoms with E-state index in [1.807, 2.05) is 25.1 Å². The van der Waals surface area contributed by atoms with E-state index in [4.69, 9.17) is 5.73 Å². The van der Waals surface area contributed by atoms with Crippen LogP contribution in [-0.4, -0.2) is 24.0 Å². The van der Waals surface area contributed by atoms with E-state index in [9.17, 15) is 4.79 Å². The molecule has 4 heteroatoms. The minimum absolute atomic E-state index is 0.0165. The van der Waals surface area contributed by atoms with E-state index in [0.29, 0.717) is 18.7 Å². The predicted molar refractivity (Wildman–Crippen MR) is 78.4 cm³/mol. The molecule has 1 amide bonds. The van der Waals surface area contributed by atoms with Gasteiger partial charge in [-0.25, -0.2) is 0 Å². The Morgan fingerprint density at radius 3 is 2.84 bits per heavy atom. The van der Waals surface area contributed by atoms with Gasteiger partial charge in [-0.15, -0.1) is 0 Å². The topological polar surface area (TPSA) is 70.9 Å². The summed E-state index contributed by atoms with van der Waals surface area (Å²) in [4.78, 5) is 15.3. The maximum absolute atomic E-state index is 12.0. The third-order valence-electron chi connectivity index (χ3n) is 3.49. The highest BCUT2D eigenvalue weighted by Gasteiger charge is 2.09. The van der Waals surface area contributed by atoms with Crippen molar-refractivity contribution in [1.82, 2.24) is 10.3 Å². The van der Waals surface area contributed by atoms with Gasteiger partial charge in [-0.2, -0.15) is 0 Å². The number of rotatable bonds is 5. The third kappa shape index (κ3) is 2.96. The molecule has 2 rings (SSSR count). The number of nitrogens with two attached hydrogens (primary N) is 1. The van der Waals surface area contributed by atoms with Crippen molar-refractivity contribution in [3.63, 3.8) is 0 Å². The molecule has 0 saturated heterocycles. The van der Waals surface area contributed by atoms with Crippen molar-refractivity contribution in [3.05, 3.63) is 35.0 Å². The summed E-state index contributed by atoms with van der Waals surface area (Å²) in [6, 6.07) is 5.77. The highest BCUT2D eigenvalue weighted by atomic mass is 16.1. The molecule has 1 aromatic carbocycles. The summed E-state index contributed by atoms with van der Waals surface area (Å²) in [6.07, 6.45) is 1.86. The molecule has 0 aliphatic heterocycles. The molecule has 19 heavy (non-hydrogen) atoms. The maximum atomic E-state index is 12.0. The minimum atomic E-state index is -0.0165. The number of carbonyl (C=O) groups excluding carboxylic acids is 1. The van der Waals surface area contributed by atoms with Crippen LogP contribution in [0.5, 0.6) is 0 Å². The number of carbonyl (C=O) groups is 1. The summed E-state index contributed by atoms with van der Waals surface area (Å²) in [7, 11) is 0. The van der Waals surface area contributed by atoms with Crippen LogP contribution in [0.3, 0.4) is 0 Å². The molecule has 4 nitrogen and oxygen atoms in total. The summed E-state index contributed by atoms with van der Waals surface area (Å²) in [6.45, 7) is 5.46. The molecule has 2 aromatic rings. The summed E-state index contributed by atoms with van der Waals surface area (Å²) < 4.78 is 0. The second kappa shape index (κ2) is 5.89. The van der Waals surface area contributed by atoms with Crippen LogP contribution >= 0.6 is 0 Å². The Balaban J connectivity index is 2.12. The second-order valence-corrected chi connectivity index (χ2v) is 4.89. The minimum Gasteiger partial charge on any atom is -0.358 e. The smallest absolute Gasteiger partial charge is 0.251 e. The fourth-order valence-corrected chi connectivity index (χ4v) is 2.18. The van der Waals surface area contributed by atoms with Gasteiger partial charge in [0.15, 0.2) is 0 Å². The van der Waals surface area contributed by atoms with E-state index in [-0.39, 0.29) is 5.91 Å². The lowest BCUT2D eigenvalue weighted by Gasteiger charge is -2.05. The molecular formula is C15H21N3O. The number of aromatic amines is 1. The zero-order valence-electron chi connectivity index (χ0n) is 11.5. The van der Waals surface area contributed by atoms with Gasteiger partial charge in [-0.3, -0.25) is 4.79 Å². The SMILES string of the molecule is Cc1[nH]c2ccc(C(=O)NCCCCN)cc2c1C. The van der Waals surface area contributed by atoms with E-state index in [1.54, 1.807) is 0 Å². The van der Waals surface area contributed by atoms with Crippen LogP contribution < -0.4 is 11.1 Å². The number of H-pyrrole nitrogens is 1. The number of hydrogen-bond donors (Lipinski definition) is 3. The first-order valence-electron chi connectivity index (χ1n) is 6.70. The van der Waals surface area contributed by atoms with E-state index in [1.165, 1.54) is 5.56 Å². The number of benzene rings is 1. The molecule has 4 N–H and O–H groups in total. The largest absolute Gasteiger partial charge is 0.358 e. The lowest BCUT2D eigenvalue weighted by Crippen LogP contribution is -2.24. The van der Waals surface area contributed by atoms with Crippen LogP contribution in [-0.2, 0) is 0 Å². The Hall–Kier alpha value is -1.81.